The second-order valence-corrected chi connectivity index (χ2v) is 20.3. The molecule has 0 amide bonds. The first kappa shape index (κ1) is 41.3. The number of aryl methyl sites for hydroxylation is 4. The molecular formula is C50H62F2N12. The van der Waals surface area contributed by atoms with Crippen LogP contribution in [-0.4, -0.2) is 59.7 Å². The third-order valence-corrected chi connectivity index (χ3v) is 16.5. The van der Waals surface area contributed by atoms with Gasteiger partial charge in [-0.15, -0.1) is 10.2 Å². The number of hydrogen-bond acceptors (Lipinski definition) is 8. The largest absolute Gasteiger partial charge is 0.347 e. The van der Waals surface area contributed by atoms with Crippen molar-refractivity contribution >= 4 is 11.9 Å². The van der Waals surface area contributed by atoms with Gasteiger partial charge in [0.15, 0.2) is 0 Å². The van der Waals surface area contributed by atoms with Crippen LogP contribution in [0.25, 0.3) is 0 Å². The second-order valence-electron chi connectivity index (χ2n) is 20.3. The summed E-state index contributed by atoms with van der Waals surface area (Å²) in [4.78, 5) is 18.8. The molecule has 12 nitrogen and oxygen atoms in total. The molecule has 14 rings (SSSR count). The minimum absolute atomic E-state index is 0.0332. The van der Waals surface area contributed by atoms with Crippen LogP contribution in [0.2, 0.25) is 0 Å². The maximum Gasteiger partial charge on any atom is 0.242 e. The van der Waals surface area contributed by atoms with E-state index in [1.807, 2.05) is 46.3 Å². The van der Waals surface area contributed by atoms with E-state index in [4.69, 9.17) is 20.2 Å². The van der Waals surface area contributed by atoms with Gasteiger partial charge in [-0.25, -0.2) is 28.1 Å². The van der Waals surface area contributed by atoms with Crippen molar-refractivity contribution in [2.45, 2.75) is 177 Å². The van der Waals surface area contributed by atoms with E-state index in [9.17, 15) is 8.78 Å². The first-order valence-corrected chi connectivity index (χ1v) is 24.1. The van der Waals surface area contributed by atoms with E-state index >= 15 is 0 Å². The van der Waals surface area contributed by atoms with Crippen molar-refractivity contribution < 1.29 is 8.78 Å². The van der Waals surface area contributed by atoms with E-state index in [0.717, 1.165) is 175 Å². The SMILES string of the molecule is Cc1cn(C23CCC(Nc4nc5n(n4)CCCC[C@@H]5c4ccccc4F)(CC2)CC3)cn1.Cc1cn(C23CCC(Nc4nc5n(n4)CCCC[C@H]5c4ccccc4F)(CC2)CC3)cn1. The molecule has 14 heteroatoms. The van der Waals surface area contributed by atoms with Crippen LogP contribution >= 0.6 is 0 Å². The number of rotatable bonds is 8. The summed E-state index contributed by atoms with van der Waals surface area (Å²) in [5.74, 6) is 2.89. The zero-order chi connectivity index (χ0) is 43.5. The first-order chi connectivity index (χ1) is 31.1. The zero-order valence-corrected chi connectivity index (χ0v) is 37.5. The lowest BCUT2D eigenvalue weighted by molar-refractivity contribution is 0.0638. The number of fused-ring (bicyclic) bond motifs is 8. The average molecular weight is 869 g/mol. The van der Waals surface area contributed by atoms with Gasteiger partial charge in [0.1, 0.15) is 23.3 Å². The summed E-state index contributed by atoms with van der Waals surface area (Å²) in [5, 5.41) is 17.2. The van der Waals surface area contributed by atoms with Crippen molar-refractivity contribution in [1.29, 1.82) is 0 Å². The second kappa shape index (κ2) is 16.2. The summed E-state index contributed by atoms with van der Waals surface area (Å²) < 4.78 is 38.0. The summed E-state index contributed by atoms with van der Waals surface area (Å²) in [6.07, 6.45) is 28.1. The highest BCUT2D eigenvalue weighted by atomic mass is 19.1. The minimum Gasteiger partial charge on any atom is -0.347 e. The Kier molecular flexibility index (Phi) is 10.5. The van der Waals surface area contributed by atoms with Crippen LogP contribution in [0.5, 0.6) is 0 Å². The molecule has 6 aromatic rings. The molecule has 0 radical (unpaired) electrons. The predicted octanol–water partition coefficient (Wildman–Crippen LogP) is 10.3. The van der Waals surface area contributed by atoms with Gasteiger partial charge < -0.3 is 19.8 Å². The smallest absolute Gasteiger partial charge is 0.242 e. The lowest BCUT2D eigenvalue weighted by Crippen LogP contribution is -2.54. The van der Waals surface area contributed by atoms with E-state index in [2.05, 4.69) is 56.0 Å². The van der Waals surface area contributed by atoms with Gasteiger partial charge in [0.2, 0.25) is 11.9 Å². The highest BCUT2D eigenvalue weighted by molar-refractivity contribution is 5.37. The standard InChI is InChI=1S/2C25H31FN6/c2*1-18-16-31(17-27-18)25-12-9-24(10-13-25,11-14-25)29-23-28-22-20(7-4-5-15-32(22)30-23)19-6-2-3-8-21(19)26/h2*2-3,6,8,16-17,20H,4-5,7,9-15H2,1H3,(H,29,30)/t2*20-,24?,25?/m10/s1. The van der Waals surface area contributed by atoms with Gasteiger partial charge in [0, 0.05) is 59.5 Å². The van der Waals surface area contributed by atoms with E-state index in [1.54, 1.807) is 24.3 Å². The molecule has 2 atom stereocenters. The molecule has 2 aliphatic heterocycles. The quantitative estimate of drug-likeness (QED) is 0.155. The number of hydrogen-bond donors (Lipinski definition) is 2. The van der Waals surface area contributed by atoms with Crippen LogP contribution < -0.4 is 10.6 Å². The topological polar surface area (TPSA) is 121 Å². The van der Waals surface area contributed by atoms with E-state index < -0.39 is 0 Å². The number of aromatic nitrogens is 10. The van der Waals surface area contributed by atoms with Gasteiger partial charge in [-0.2, -0.15) is 9.97 Å². The monoisotopic (exact) mass is 869 g/mol. The van der Waals surface area contributed by atoms with Crippen LogP contribution in [-0.2, 0) is 24.2 Å². The van der Waals surface area contributed by atoms with Crippen molar-refractivity contribution in [3.05, 3.63) is 119 Å². The normalized spacial score (nSPS) is 29.5. The average Bonchev–Trinajstić information content (AvgIpc) is 4.10. The van der Waals surface area contributed by atoms with E-state index in [0.29, 0.717) is 0 Å². The van der Waals surface area contributed by atoms with Crippen molar-refractivity contribution in [1.82, 2.24) is 48.6 Å². The highest BCUT2D eigenvalue weighted by Crippen LogP contribution is 2.53. The molecule has 2 N–H and O–H groups in total. The third kappa shape index (κ3) is 7.51. The van der Waals surface area contributed by atoms with Gasteiger partial charge in [-0.05, 0) is 140 Å². The molecule has 8 aliphatic rings. The third-order valence-electron chi connectivity index (χ3n) is 16.5. The Balaban J connectivity index is 0.000000143. The molecule has 0 spiro atoms. The Morgan fingerprint density at radius 3 is 1.28 bits per heavy atom. The number of nitrogens with zero attached hydrogens (tertiary/aromatic N) is 10. The Labute approximate surface area is 374 Å². The number of anilines is 2. The Bertz CT molecular complexity index is 2390. The minimum atomic E-state index is -0.146. The Morgan fingerprint density at radius 2 is 0.922 bits per heavy atom. The zero-order valence-electron chi connectivity index (χ0n) is 37.5. The lowest BCUT2D eigenvalue weighted by atomic mass is 9.61. The molecule has 0 unspecified atom stereocenters. The Hall–Kier alpha value is -5.40. The van der Waals surface area contributed by atoms with Crippen molar-refractivity contribution in [3.63, 3.8) is 0 Å². The predicted molar refractivity (Wildman–Crippen MR) is 242 cm³/mol. The summed E-state index contributed by atoms with van der Waals surface area (Å²) >= 11 is 0. The maximum atomic E-state index is 14.6. The van der Waals surface area contributed by atoms with Crippen LogP contribution in [0, 0.1) is 25.5 Å². The van der Waals surface area contributed by atoms with E-state index in [-0.39, 0.29) is 45.6 Å². The molecule has 0 saturated heterocycles. The van der Waals surface area contributed by atoms with Gasteiger partial charge >= 0.3 is 0 Å². The summed E-state index contributed by atoms with van der Waals surface area (Å²) in [6, 6.07) is 14.2. The number of halogens is 2. The number of imidazole rings is 2. The summed E-state index contributed by atoms with van der Waals surface area (Å²) in [6.45, 7) is 5.83. The molecule has 6 saturated carbocycles. The van der Waals surface area contributed by atoms with Crippen LogP contribution in [0.1, 0.15) is 162 Å². The fourth-order valence-electron chi connectivity index (χ4n) is 12.6. The molecule has 4 bridgehead atoms. The van der Waals surface area contributed by atoms with Gasteiger partial charge in [0.05, 0.1) is 24.0 Å². The fourth-order valence-corrected chi connectivity index (χ4v) is 12.6. The molecular weight excluding hydrogens is 807 g/mol. The molecule has 336 valence electrons. The molecule has 6 heterocycles. The van der Waals surface area contributed by atoms with Gasteiger partial charge in [0.25, 0.3) is 0 Å². The van der Waals surface area contributed by atoms with Crippen molar-refractivity contribution in [2.75, 3.05) is 10.6 Å². The fraction of sp³-hybridized carbons (Fsp3) is 0.560. The van der Waals surface area contributed by atoms with Crippen LogP contribution in [0.3, 0.4) is 0 Å². The van der Waals surface area contributed by atoms with Crippen molar-refractivity contribution in [3.8, 4) is 0 Å². The molecule has 64 heavy (non-hydrogen) atoms. The molecule has 6 aliphatic carbocycles. The number of nitrogens with one attached hydrogen (secondary N) is 2. The van der Waals surface area contributed by atoms with E-state index in [1.165, 1.54) is 0 Å². The summed E-state index contributed by atoms with van der Waals surface area (Å²) in [5.41, 5.74) is 4.24. The van der Waals surface area contributed by atoms with Crippen molar-refractivity contribution in [2.24, 2.45) is 0 Å². The molecule has 2 aromatic carbocycles. The molecule has 4 aromatic heterocycles. The van der Waals surface area contributed by atoms with Gasteiger partial charge in [-0.1, -0.05) is 49.2 Å². The van der Waals surface area contributed by atoms with Gasteiger partial charge in [-0.3, -0.25) is 0 Å². The maximum absolute atomic E-state index is 14.6. The van der Waals surface area contributed by atoms with Crippen LogP contribution in [0.15, 0.2) is 73.6 Å². The van der Waals surface area contributed by atoms with Crippen LogP contribution in [0.4, 0.5) is 20.7 Å². The highest BCUT2D eigenvalue weighted by Gasteiger charge is 2.51. The summed E-state index contributed by atoms with van der Waals surface area (Å²) in [7, 11) is 0. The Morgan fingerprint density at radius 1 is 0.531 bits per heavy atom. The first-order valence-electron chi connectivity index (χ1n) is 24.1. The number of benzene rings is 2. The molecule has 6 fully saturated rings. The lowest BCUT2D eigenvalue weighted by Gasteiger charge is -2.54.